The van der Waals surface area contributed by atoms with E-state index < -0.39 is 0 Å². The highest BCUT2D eigenvalue weighted by molar-refractivity contribution is 5.47. The SMILES string of the molecule is CN1CC(CN)CC1c1ccc2c(c1F)OCO2. The lowest BCUT2D eigenvalue weighted by Crippen LogP contribution is -2.21. The van der Waals surface area contributed by atoms with Gasteiger partial charge in [0.05, 0.1) is 0 Å². The van der Waals surface area contributed by atoms with Gasteiger partial charge in [-0.1, -0.05) is 6.07 Å². The summed E-state index contributed by atoms with van der Waals surface area (Å²) in [6.45, 7) is 1.66. The van der Waals surface area contributed by atoms with Crippen molar-refractivity contribution in [3.63, 3.8) is 0 Å². The molecule has 0 amide bonds. The van der Waals surface area contributed by atoms with Crippen molar-refractivity contribution in [1.29, 1.82) is 0 Å². The molecule has 98 valence electrons. The lowest BCUT2D eigenvalue weighted by atomic mass is 9.99. The van der Waals surface area contributed by atoms with Crippen molar-refractivity contribution < 1.29 is 13.9 Å². The van der Waals surface area contributed by atoms with Crippen molar-refractivity contribution >= 4 is 0 Å². The molecule has 18 heavy (non-hydrogen) atoms. The Morgan fingerprint density at radius 3 is 3.00 bits per heavy atom. The Labute approximate surface area is 105 Å². The second-order valence-corrected chi connectivity index (χ2v) is 5.00. The second kappa shape index (κ2) is 4.40. The molecular weight excluding hydrogens is 235 g/mol. The zero-order chi connectivity index (χ0) is 12.7. The molecule has 0 saturated carbocycles. The quantitative estimate of drug-likeness (QED) is 0.866. The van der Waals surface area contributed by atoms with Gasteiger partial charge in [0, 0.05) is 18.2 Å². The van der Waals surface area contributed by atoms with Gasteiger partial charge in [0.1, 0.15) is 0 Å². The third-order valence-electron chi connectivity index (χ3n) is 3.84. The first-order chi connectivity index (χ1) is 8.70. The van der Waals surface area contributed by atoms with Gasteiger partial charge in [-0.05, 0) is 32.0 Å². The van der Waals surface area contributed by atoms with E-state index in [0.29, 0.717) is 23.8 Å². The molecule has 4 nitrogen and oxygen atoms in total. The zero-order valence-electron chi connectivity index (χ0n) is 10.4. The van der Waals surface area contributed by atoms with Gasteiger partial charge in [-0.15, -0.1) is 0 Å². The second-order valence-electron chi connectivity index (χ2n) is 5.00. The summed E-state index contributed by atoms with van der Waals surface area (Å²) in [5.74, 6) is 0.883. The van der Waals surface area contributed by atoms with E-state index in [-0.39, 0.29) is 24.4 Å². The Morgan fingerprint density at radius 1 is 1.44 bits per heavy atom. The first kappa shape index (κ1) is 11.7. The molecule has 2 atom stereocenters. The molecule has 5 heteroatoms. The standard InChI is InChI=1S/C13H17FN2O2/c1-16-6-8(5-15)4-10(16)9-2-3-11-13(12(9)14)18-7-17-11/h2-3,8,10H,4-7,15H2,1H3. The number of hydrogen-bond acceptors (Lipinski definition) is 4. The van der Waals surface area contributed by atoms with Gasteiger partial charge in [0.25, 0.3) is 0 Å². The molecule has 1 fully saturated rings. The molecule has 1 saturated heterocycles. The number of fused-ring (bicyclic) bond motifs is 1. The van der Waals surface area contributed by atoms with Crippen LogP contribution in [0.5, 0.6) is 11.5 Å². The molecule has 2 aliphatic heterocycles. The number of likely N-dealkylation sites (tertiary alicyclic amines) is 1. The van der Waals surface area contributed by atoms with E-state index in [1.165, 1.54) is 0 Å². The number of halogens is 1. The third-order valence-corrected chi connectivity index (χ3v) is 3.84. The van der Waals surface area contributed by atoms with Crippen LogP contribution in [-0.2, 0) is 0 Å². The Kier molecular flexibility index (Phi) is 2.87. The Hall–Kier alpha value is -1.33. The van der Waals surface area contributed by atoms with Gasteiger partial charge in [-0.3, -0.25) is 4.90 Å². The Balaban J connectivity index is 1.93. The maximum Gasteiger partial charge on any atom is 0.231 e. The van der Waals surface area contributed by atoms with Crippen LogP contribution in [0.25, 0.3) is 0 Å². The molecule has 2 N–H and O–H groups in total. The summed E-state index contributed by atoms with van der Waals surface area (Å²) in [4.78, 5) is 2.15. The largest absolute Gasteiger partial charge is 0.453 e. The van der Waals surface area contributed by atoms with E-state index in [9.17, 15) is 4.39 Å². The van der Waals surface area contributed by atoms with Crippen molar-refractivity contribution in [1.82, 2.24) is 4.90 Å². The van der Waals surface area contributed by atoms with E-state index in [4.69, 9.17) is 15.2 Å². The lowest BCUT2D eigenvalue weighted by Gasteiger charge is -2.20. The fourth-order valence-corrected chi connectivity index (χ4v) is 2.85. The smallest absolute Gasteiger partial charge is 0.231 e. The summed E-state index contributed by atoms with van der Waals surface area (Å²) in [6.07, 6.45) is 0.892. The first-order valence-corrected chi connectivity index (χ1v) is 6.19. The summed E-state index contributed by atoms with van der Waals surface area (Å²) < 4.78 is 24.7. The third kappa shape index (κ3) is 1.74. The summed E-state index contributed by atoms with van der Waals surface area (Å²) in [5, 5.41) is 0. The normalized spacial score (nSPS) is 26.8. The van der Waals surface area contributed by atoms with Gasteiger partial charge < -0.3 is 15.2 Å². The minimum Gasteiger partial charge on any atom is -0.453 e. The van der Waals surface area contributed by atoms with Crippen molar-refractivity contribution in [3.05, 3.63) is 23.5 Å². The Bertz CT molecular complexity index is 467. The Morgan fingerprint density at radius 2 is 2.28 bits per heavy atom. The van der Waals surface area contributed by atoms with E-state index >= 15 is 0 Å². The first-order valence-electron chi connectivity index (χ1n) is 6.19. The molecule has 0 radical (unpaired) electrons. The van der Waals surface area contributed by atoms with Crippen LogP contribution in [0.1, 0.15) is 18.0 Å². The van der Waals surface area contributed by atoms with Crippen LogP contribution in [-0.4, -0.2) is 31.8 Å². The van der Waals surface area contributed by atoms with Crippen LogP contribution in [0.15, 0.2) is 12.1 Å². The topological polar surface area (TPSA) is 47.7 Å². The molecule has 0 aromatic heterocycles. The predicted molar refractivity (Wildman–Crippen MR) is 65.1 cm³/mol. The molecule has 0 aliphatic carbocycles. The van der Waals surface area contributed by atoms with Crippen molar-refractivity contribution in [2.75, 3.05) is 26.9 Å². The minimum atomic E-state index is -0.292. The maximum absolute atomic E-state index is 14.4. The van der Waals surface area contributed by atoms with Crippen LogP contribution >= 0.6 is 0 Å². The number of nitrogens with zero attached hydrogens (tertiary/aromatic N) is 1. The highest BCUT2D eigenvalue weighted by Gasteiger charge is 2.33. The molecule has 2 heterocycles. The van der Waals surface area contributed by atoms with Crippen LogP contribution in [0.2, 0.25) is 0 Å². The number of nitrogens with two attached hydrogens (primary N) is 1. The predicted octanol–water partition coefficient (Wildman–Crippen LogP) is 1.51. The molecular formula is C13H17FN2O2. The van der Waals surface area contributed by atoms with Crippen LogP contribution in [0, 0.1) is 11.7 Å². The summed E-state index contributed by atoms with van der Waals surface area (Å²) in [7, 11) is 2.00. The van der Waals surface area contributed by atoms with E-state index in [2.05, 4.69) is 4.90 Å². The van der Waals surface area contributed by atoms with Crippen LogP contribution in [0.3, 0.4) is 0 Å². The molecule has 2 aliphatic rings. The maximum atomic E-state index is 14.4. The van der Waals surface area contributed by atoms with Gasteiger partial charge >= 0.3 is 0 Å². The van der Waals surface area contributed by atoms with E-state index in [1.807, 2.05) is 7.05 Å². The summed E-state index contributed by atoms with van der Waals surface area (Å²) >= 11 is 0. The number of hydrogen-bond donors (Lipinski definition) is 1. The minimum absolute atomic E-state index is 0.0769. The zero-order valence-corrected chi connectivity index (χ0v) is 10.4. The van der Waals surface area contributed by atoms with Crippen LogP contribution in [0.4, 0.5) is 4.39 Å². The van der Waals surface area contributed by atoms with Crippen molar-refractivity contribution in [2.45, 2.75) is 12.5 Å². The van der Waals surface area contributed by atoms with E-state index in [0.717, 1.165) is 13.0 Å². The fraction of sp³-hybridized carbons (Fsp3) is 0.538. The number of ether oxygens (including phenoxy) is 2. The van der Waals surface area contributed by atoms with Crippen molar-refractivity contribution in [3.8, 4) is 11.5 Å². The summed E-state index contributed by atoms with van der Waals surface area (Å²) in [5.41, 5.74) is 6.38. The van der Waals surface area contributed by atoms with Crippen molar-refractivity contribution in [2.24, 2.45) is 11.7 Å². The van der Waals surface area contributed by atoms with Gasteiger partial charge in [0.15, 0.2) is 11.6 Å². The van der Waals surface area contributed by atoms with E-state index in [1.54, 1.807) is 12.1 Å². The van der Waals surface area contributed by atoms with Gasteiger partial charge in [0.2, 0.25) is 12.5 Å². The lowest BCUT2D eigenvalue weighted by molar-refractivity contribution is 0.170. The highest BCUT2D eigenvalue weighted by atomic mass is 19.1. The number of benzene rings is 1. The molecule has 2 unspecified atom stereocenters. The summed E-state index contributed by atoms with van der Waals surface area (Å²) in [6, 6.07) is 3.65. The highest BCUT2D eigenvalue weighted by Crippen LogP contribution is 2.42. The molecule has 0 bridgehead atoms. The monoisotopic (exact) mass is 252 g/mol. The van der Waals surface area contributed by atoms with Gasteiger partial charge in [-0.2, -0.15) is 0 Å². The average Bonchev–Trinajstić information content (AvgIpc) is 2.96. The average molecular weight is 252 g/mol. The fourth-order valence-electron chi connectivity index (χ4n) is 2.85. The van der Waals surface area contributed by atoms with Gasteiger partial charge in [-0.25, -0.2) is 4.39 Å². The number of rotatable bonds is 2. The van der Waals surface area contributed by atoms with Crippen LogP contribution < -0.4 is 15.2 Å². The molecule has 1 aromatic carbocycles. The molecule has 0 spiro atoms. The molecule has 1 aromatic rings. The molecule has 3 rings (SSSR count).